The molecule has 0 atom stereocenters. The minimum atomic E-state index is 0. The monoisotopic (exact) mass is 245 g/mol. The maximum absolute atomic E-state index is 5.09. The van der Waals surface area contributed by atoms with E-state index in [4.69, 9.17) is 9.47 Å². The van der Waals surface area contributed by atoms with Crippen LogP contribution in [0, 0.1) is 0 Å². The van der Waals surface area contributed by atoms with Gasteiger partial charge in [0.2, 0.25) is 0 Å². The van der Waals surface area contributed by atoms with Crippen molar-refractivity contribution in [1.82, 2.24) is 5.32 Å². The first kappa shape index (κ1) is 15.2. The van der Waals surface area contributed by atoms with Crippen LogP contribution >= 0.6 is 12.4 Å². The summed E-state index contributed by atoms with van der Waals surface area (Å²) in [6.45, 7) is 2.70. The highest BCUT2D eigenvalue weighted by molar-refractivity contribution is 5.85. The largest absolute Gasteiger partial charge is 0.497 e. The fourth-order valence-electron chi connectivity index (χ4n) is 1.32. The third-order valence-electron chi connectivity index (χ3n) is 2.19. The summed E-state index contributed by atoms with van der Waals surface area (Å²) >= 11 is 0. The van der Waals surface area contributed by atoms with E-state index >= 15 is 0 Å². The van der Waals surface area contributed by atoms with Crippen LogP contribution in [0.2, 0.25) is 0 Å². The Kier molecular flexibility index (Phi) is 9.00. The minimum absolute atomic E-state index is 0. The Morgan fingerprint density at radius 3 is 2.38 bits per heavy atom. The fourth-order valence-corrected chi connectivity index (χ4v) is 1.32. The lowest BCUT2D eigenvalue weighted by molar-refractivity contribution is 0.194. The van der Waals surface area contributed by atoms with Gasteiger partial charge in [-0.25, -0.2) is 0 Å². The molecule has 0 saturated heterocycles. The number of rotatable bonds is 7. The molecule has 0 spiro atoms. The third-order valence-corrected chi connectivity index (χ3v) is 2.19. The predicted octanol–water partition coefficient (Wildman–Crippen LogP) is 2.24. The second-order valence-electron chi connectivity index (χ2n) is 3.37. The molecule has 0 fully saturated rings. The van der Waals surface area contributed by atoms with Crippen LogP contribution in [0.15, 0.2) is 24.3 Å². The van der Waals surface area contributed by atoms with Crippen LogP contribution in [0.5, 0.6) is 5.75 Å². The van der Waals surface area contributed by atoms with E-state index in [1.807, 2.05) is 12.1 Å². The molecule has 0 radical (unpaired) electrons. The van der Waals surface area contributed by atoms with Crippen molar-refractivity contribution in [2.75, 3.05) is 27.4 Å². The van der Waals surface area contributed by atoms with Crippen LogP contribution in [0.1, 0.15) is 12.0 Å². The zero-order chi connectivity index (χ0) is 10.9. The van der Waals surface area contributed by atoms with E-state index in [2.05, 4.69) is 17.4 Å². The van der Waals surface area contributed by atoms with Crippen molar-refractivity contribution in [3.05, 3.63) is 29.8 Å². The Labute approximate surface area is 104 Å². The summed E-state index contributed by atoms with van der Waals surface area (Å²) in [5.74, 6) is 0.901. The standard InChI is InChI=1S/C12H19NO2.ClH/c1-14-9-3-8-13-10-11-4-6-12(15-2)7-5-11;/h4-7,13H,3,8-10H2,1-2H3;1H. The van der Waals surface area contributed by atoms with E-state index < -0.39 is 0 Å². The number of benzene rings is 1. The normalized spacial score (nSPS) is 9.62. The number of halogens is 1. The molecule has 0 bridgehead atoms. The molecule has 0 aliphatic rings. The van der Waals surface area contributed by atoms with Gasteiger partial charge in [-0.05, 0) is 30.7 Å². The molecule has 1 aromatic rings. The third kappa shape index (κ3) is 5.95. The van der Waals surface area contributed by atoms with Crippen molar-refractivity contribution in [3.63, 3.8) is 0 Å². The summed E-state index contributed by atoms with van der Waals surface area (Å²) in [6.07, 6.45) is 1.05. The van der Waals surface area contributed by atoms with E-state index in [1.54, 1.807) is 14.2 Å². The Balaban J connectivity index is 0.00000225. The molecule has 3 nitrogen and oxygen atoms in total. The molecular weight excluding hydrogens is 226 g/mol. The van der Waals surface area contributed by atoms with Crippen molar-refractivity contribution < 1.29 is 9.47 Å². The highest BCUT2D eigenvalue weighted by Crippen LogP contribution is 2.10. The first-order valence-corrected chi connectivity index (χ1v) is 5.19. The first-order valence-electron chi connectivity index (χ1n) is 5.19. The highest BCUT2D eigenvalue weighted by atomic mass is 35.5. The maximum Gasteiger partial charge on any atom is 0.118 e. The Bertz CT molecular complexity index is 264. The van der Waals surface area contributed by atoms with Crippen molar-refractivity contribution >= 4 is 12.4 Å². The van der Waals surface area contributed by atoms with Gasteiger partial charge >= 0.3 is 0 Å². The molecular formula is C12H20ClNO2. The second kappa shape index (κ2) is 9.46. The van der Waals surface area contributed by atoms with E-state index in [0.717, 1.165) is 31.9 Å². The molecule has 1 N–H and O–H groups in total. The van der Waals surface area contributed by atoms with Crippen molar-refractivity contribution in [2.24, 2.45) is 0 Å². The topological polar surface area (TPSA) is 30.5 Å². The minimum Gasteiger partial charge on any atom is -0.497 e. The number of hydrogen-bond acceptors (Lipinski definition) is 3. The molecule has 0 aromatic heterocycles. The molecule has 0 aliphatic carbocycles. The molecule has 1 rings (SSSR count). The van der Waals surface area contributed by atoms with Gasteiger partial charge in [0, 0.05) is 20.3 Å². The van der Waals surface area contributed by atoms with Crippen LogP contribution in [-0.4, -0.2) is 27.4 Å². The van der Waals surface area contributed by atoms with Crippen molar-refractivity contribution in [1.29, 1.82) is 0 Å². The van der Waals surface area contributed by atoms with E-state index in [-0.39, 0.29) is 12.4 Å². The summed E-state index contributed by atoms with van der Waals surface area (Å²) in [4.78, 5) is 0. The van der Waals surface area contributed by atoms with Gasteiger partial charge in [0.05, 0.1) is 7.11 Å². The summed E-state index contributed by atoms with van der Waals surface area (Å²) in [6, 6.07) is 8.10. The Morgan fingerprint density at radius 2 is 1.81 bits per heavy atom. The van der Waals surface area contributed by atoms with E-state index in [9.17, 15) is 0 Å². The molecule has 0 unspecified atom stereocenters. The highest BCUT2D eigenvalue weighted by Gasteiger charge is 1.93. The number of methoxy groups -OCH3 is 2. The molecule has 0 saturated carbocycles. The van der Waals surface area contributed by atoms with Gasteiger partial charge in [-0.15, -0.1) is 12.4 Å². The average Bonchev–Trinajstić information content (AvgIpc) is 2.30. The molecule has 0 heterocycles. The number of ether oxygens (including phenoxy) is 2. The fraction of sp³-hybridized carbons (Fsp3) is 0.500. The molecule has 0 amide bonds. The molecule has 16 heavy (non-hydrogen) atoms. The predicted molar refractivity (Wildman–Crippen MR) is 68.4 cm³/mol. The Hall–Kier alpha value is -0.770. The molecule has 0 aliphatic heterocycles. The SMILES string of the molecule is COCCCNCc1ccc(OC)cc1.Cl. The summed E-state index contributed by atoms with van der Waals surface area (Å²) in [5, 5.41) is 3.35. The van der Waals surface area contributed by atoms with Crippen LogP contribution in [0.4, 0.5) is 0 Å². The summed E-state index contributed by atoms with van der Waals surface area (Å²) in [7, 11) is 3.40. The van der Waals surface area contributed by atoms with Gasteiger partial charge in [-0.2, -0.15) is 0 Å². The molecule has 1 aromatic carbocycles. The average molecular weight is 246 g/mol. The Morgan fingerprint density at radius 1 is 1.12 bits per heavy atom. The smallest absolute Gasteiger partial charge is 0.118 e. The van der Waals surface area contributed by atoms with Crippen LogP contribution in [-0.2, 0) is 11.3 Å². The van der Waals surface area contributed by atoms with Gasteiger partial charge in [-0.3, -0.25) is 0 Å². The van der Waals surface area contributed by atoms with Gasteiger partial charge in [0.25, 0.3) is 0 Å². The lowest BCUT2D eigenvalue weighted by Gasteiger charge is -2.05. The lowest BCUT2D eigenvalue weighted by atomic mass is 10.2. The lowest BCUT2D eigenvalue weighted by Crippen LogP contribution is -2.15. The van der Waals surface area contributed by atoms with E-state index in [1.165, 1.54) is 5.56 Å². The summed E-state index contributed by atoms with van der Waals surface area (Å²) < 4.78 is 10.1. The van der Waals surface area contributed by atoms with Crippen LogP contribution < -0.4 is 10.1 Å². The van der Waals surface area contributed by atoms with Gasteiger partial charge in [0.15, 0.2) is 0 Å². The maximum atomic E-state index is 5.09. The summed E-state index contributed by atoms with van der Waals surface area (Å²) in [5.41, 5.74) is 1.27. The number of nitrogens with one attached hydrogen (secondary N) is 1. The quantitative estimate of drug-likeness (QED) is 0.748. The van der Waals surface area contributed by atoms with Crippen molar-refractivity contribution in [3.8, 4) is 5.75 Å². The van der Waals surface area contributed by atoms with E-state index in [0.29, 0.717) is 0 Å². The zero-order valence-electron chi connectivity index (χ0n) is 9.86. The van der Waals surface area contributed by atoms with Crippen LogP contribution in [0.25, 0.3) is 0 Å². The van der Waals surface area contributed by atoms with Gasteiger partial charge in [0.1, 0.15) is 5.75 Å². The first-order chi connectivity index (χ1) is 7.36. The van der Waals surface area contributed by atoms with Crippen LogP contribution in [0.3, 0.4) is 0 Å². The van der Waals surface area contributed by atoms with Gasteiger partial charge < -0.3 is 14.8 Å². The molecule has 4 heteroatoms. The second-order valence-corrected chi connectivity index (χ2v) is 3.37. The zero-order valence-corrected chi connectivity index (χ0v) is 10.7. The molecule has 92 valence electrons. The number of hydrogen-bond donors (Lipinski definition) is 1. The van der Waals surface area contributed by atoms with Gasteiger partial charge in [-0.1, -0.05) is 12.1 Å². The van der Waals surface area contributed by atoms with Crippen molar-refractivity contribution in [2.45, 2.75) is 13.0 Å².